The number of aryl methyl sites for hydroxylation is 3. The second-order valence-electron chi connectivity index (χ2n) is 6.04. The lowest BCUT2D eigenvalue weighted by Gasteiger charge is -2.11. The molecular formula is C18H16BrN7O. The van der Waals surface area contributed by atoms with Crippen LogP contribution in [0.5, 0.6) is 0 Å². The van der Waals surface area contributed by atoms with Crippen LogP contribution in [-0.4, -0.2) is 29.9 Å². The zero-order chi connectivity index (χ0) is 19.0. The molecule has 0 spiro atoms. The minimum absolute atomic E-state index is 0.687. The lowest BCUT2D eigenvalue weighted by atomic mass is 10.1. The van der Waals surface area contributed by atoms with Crippen LogP contribution in [0.3, 0.4) is 0 Å². The number of pyridine rings is 1. The van der Waals surface area contributed by atoms with E-state index >= 15 is 0 Å². The number of hydrogen-bond donors (Lipinski definition) is 1. The fraction of sp³-hybridized carbons (Fsp3) is 0.167. The van der Waals surface area contributed by atoms with Gasteiger partial charge in [0.05, 0.1) is 40.9 Å². The minimum Gasteiger partial charge on any atom is -0.361 e. The summed E-state index contributed by atoms with van der Waals surface area (Å²) in [4.78, 5) is 8.55. The van der Waals surface area contributed by atoms with Gasteiger partial charge in [0.2, 0.25) is 0 Å². The Hall–Kier alpha value is -3.07. The van der Waals surface area contributed by atoms with E-state index in [-0.39, 0.29) is 0 Å². The third kappa shape index (κ3) is 3.33. The summed E-state index contributed by atoms with van der Waals surface area (Å²) < 4.78 is 8.02. The van der Waals surface area contributed by atoms with E-state index in [0.29, 0.717) is 17.3 Å². The average Bonchev–Trinajstić information content (AvgIpc) is 3.28. The summed E-state index contributed by atoms with van der Waals surface area (Å²) in [6, 6.07) is 3.83. The van der Waals surface area contributed by atoms with Gasteiger partial charge in [-0.15, -0.1) is 5.10 Å². The number of rotatable bonds is 4. The fourth-order valence-electron chi connectivity index (χ4n) is 2.77. The van der Waals surface area contributed by atoms with Crippen molar-refractivity contribution in [1.82, 2.24) is 29.9 Å². The number of nitrogens with one attached hydrogen (secondary N) is 1. The summed E-state index contributed by atoms with van der Waals surface area (Å²) in [6.45, 7) is 5.63. The van der Waals surface area contributed by atoms with Gasteiger partial charge in [-0.05, 0) is 48.8 Å². The van der Waals surface area contributed by atoms with E-state index in [9.17, 15) is 0 Å². The van der Waals surface area contributed by atoms with Crippen LogP contribution in [0.2, 0.25) is 0 Å². The molecule has 0 amide bonds. The molecule has 27 heavy (non-hydrogen) atoms. The Bertz CT molecular complexity index is 1090. The number of imidazole rings is 1. The first-order valence-corrected chi connectivity index (χ1v) is 9.00. The smallest absolute Gasteiger partial charge is 0.143 e. The van der Waals surface area contributed by atoms with Gasteiger partial charge in [0.25, 0.3) is 0 Å². The summed E-state index contributed by atoms with van der Waals surface area (Å²) in [7, 11) is 0. The molecule has 4 heterocycles. The van der Waals surface area contributed by atoms with Gasteiger partial charge in [0, 0.05) is 16.9 Å². The van der Waals surface area contributed by atoms with Crippen LogP contribution in [0, 0.1) is 20.8 Å². The summed E-state index contributed by atoms with van der Waals surface area (Å²) in [5.41, 5.74) is 4.82. The Kier molecular flexibility index (Phi) is 4.44. The number of nitrogens with zero attached hydrogens (tertiary/aromatic N) is 6. The Morgan fingerprint density at radius 2 is 1.96 bits per heavy atom. The highest BCUT2D eigenvalue weighted by molar-refractivity contribution is 9.10. The molecule has 0 unspecified atom stereocenters. The number of anilines is 2. The maximum atomic E-state index is 5.24. The third-order valence-electron chi connectivity index (χ3n) is 4.15. The molecule has 4 rings (SSSR count). The lowest BCUT2D eigenvalue weighted by molar-refractivity contribution is 0.393. The summed E-state index contributed by atoms with van der Waals surface area (Å²) >= 11 is 3.59. The van der Waals surface area contributed by atoms with E-state index < -0.39 is 0 Å². The summed E-state index contributed by atoms with van der Waals surface area (Å²) in [5, 5.41) is 15.8. The highest BCUT2D eigenvalue weighted by Gasteiger charge is 2.15. The second-order valence-corrected chi connectivity index (χ2v) is 6.90. The lowest BCUT2D eigenvalue weighted by Crippen LogP contribution is -2.02. The number of halogens is 1. The largest absolute Gasteiger partial charge is 0.361 e. The minimum atomic E-state index is 0.687. The Balaban J connectivity index is 1.67. The first-order valence-electron chi connectivity index (χ1n) is 8.21. The molecule has 9 heteroatoms. The van der Waals surface area contributed by atoms with E-state index in [1.165, 1.54) is 0 Å². The van der Waals surface area contributed by atoms with Crippen molar-refractivity contribution in [1.29, 1.82) is 0 Å². The molecule has 0 aliphatic heterocycles. The first kappa shape index (κ1) is 17.3. The van der Waals surface area contributed by atoms with Gasteiger partial charge in [-0.2, -0.15) is 5.10 Å². The number of aromatic nitrogens is 6. The predicted octanol–water partition coefficient (Wildman–Crippen LogP) is 4.14. The van der Waals surface area contributed by atoms with Gasteiger partial charge >= 0.3 is 0 Å². The van der Waals surface area contributed by atoms with Crippen molar-refractivity contribution >= 4 is 27.4 Å². The van der Waals surface area contributed by atoms with Gasteiger partial charge < -0.3 is 14.4 Å². The fourth-order valence-corrected chi connectivity index (χ4v) is 3.30. The summed E-state index contributed by atoms with van der Waals surface area (Å²) in [6.07, 6.45) is 7.08. The van der Waals surface area contributed by atoms with Gasteiger partial charge in [-0.1, -0.05) is 5.16 Å². The standard InChI is InChI=1S/C18H16BrN7O/c1-10-14(7-15(24-23-10)18-11(2)25-27-12(18)3)22-17-6-13(19)16(8-21-17)26-5-4-20-9-26/h4-9H,1-3H3,(H,21,22,24). The van der Waals surface area contributed by atoms with Gasteiger partial charge in [-0.25, -0.2) is 9.97 Å². The molecule has 0 fully saturated rings. The van der Waals surface area contributed by atoms with Crippen molar-refractivity contribution in [3.8, 4) is 16.9 Å². The Morgan fingerprint density at radius 3 is 2.63 bits per heavy atom. The SMILES string of the molecule is Cc1nnc(-c2c(C)noc2C)cc1Nc1cc(Br)c(-n2ccnc2)cn1. The van der Waals surface area contributed by atoms with Gasteiger partial charge in [0.1, 0.15) is 17.3 Å². The van der Waals surface area contributed by atoms with Crippen molar-refractivity contribution in [3.63, 3.8) is 0 Å². The van der Waals surface area contributed by atoms with E-state index in [0.717, 1.165) is 32.8 Å². The normalized spacial score (nSPS) is 11.0. The van der Waals surface area contributed by atoms with Gasteiger partial charge in [0.15, 0.2) is 0 Å². The van der Waals surface area contributed by atoms with Gasteiger partial charge in [-0.3, -0.25) is 0 Å². The van der Waals surface area contributed by atoms with Crippen molar-refractivity contribution < 1.29 is 4.52 Å². The maximum Gasteiger partial charge on any atom is 0.143 e. The maximum absolute atomic E-state index is 5.24. The molecule has 0 aromatic carbocycles. The van der Waals surface area contributed by atoms with Crippen LogP contribution < -0.4 is 5.32 Å². The van der Waals surface area contributed by atoms with Crippen LogP contribution in [0.1, 0.15) is 17.1 Å². The molecule has 8 nitrogen and oxygen atoms in total. The zero-order valence-corrected chi connectivity index (χ0v) is 16.5. The highest BCUT2D eigenvalue weighted by Crippen LogP contribution is 2.29. The van der Waals surface area contributed by atoms with Crippen molar-refractivity contribution in [2.45, 2.75) is 20.8 Å². The first-order chi connectivity index (χ1) is 13.0. The quantitative estimate of drug-likeness (QED) is 0.524. The molecule has 0 aliphatic carbocycles. The second kappa shape index (κ2) is 6.92. The molecule has 4 aromatic heterocycles. The predicted molar refractivity (Wildman–Crippen MR) is 104 cm³/mol. The number of hydrogen-bond acceptors (Lipinski definition) is 7. The van der Waals surface area contributed by atoms with Crippen molar-refractivity contribution in [2.75, 3.05) is 5.32 Å². The van der Waals surface area contributed by atoms with E-state index in [2.05, 4.69) is 46.6 Å². The molecular weight excluding hydrogens is 410 g/mol. The van der Waals surface area contributed by atoms with Crippen LogP contribution in [0.25, 0.3) is 16.9 Å². The van der Waals surface area contributed by atoms with Crippen LogP contribution in [0.15, 0.2) is 46.0 Å². The molecule has 0 radical (unpaired) electrons. The zero-order valence-electron chi connectivity index (χ0n) is 14.9. The van der Waals surface area contributed by atoms with E-state index in [1.54, 1.807) is 18.7 Å². The topological polar surface area (TPSA) is 94.6 Å². The van der Waals surface area contributed by atoms with Crippen molar-refractivity contribution in [3.05, 3.63) is 58.7 Å². The highest BCUT2D eigenvalue weighted by atomic mass is 79.9. The summed E-state index contributed by atoms with van der Waals surface area (Å²) in [5.74, 6) is 1.40. The monoisotopic (exact) mass is 425 g/mol. The molecule has 0 aliphatic rings. The molecule has 136 valence electrons. The molecule has 0 atom stereocenters. The molecule has 1 N–H and O–H groups in total. The average molecular weight is 426 g/mol. The van der Waals surface area contributed by atoms with E-state index in [4.69, 9.17) is 4.52 Å². The molecule has 0 saturated heterocycles. The molecule has 4 aromatic rings. The van der Waals surface area contributed by atoms with Crippen LogP contribution in [-0.2, 0) is 0 Å². The third-order valence-corrected chi connectivity index (χ3v) is 4.78. The van der Waals surface area contributed by atoms with Crippen LogP contribution in [0.4, 0.5) is 11.5 Å². The Labute approximate surface area is 163 Å². The van der Waals surface area contributed by atoms with E-state index in [1.807, 2.05) is 43.7 Å². The molecule has 0 saturated carbocycles. The Morgan fingerprint density at radius 1 is 1.11 bits per heavy atom. The van der Waals surface area contributed by atoms with Crippen LogP contribution >= 0.6 is 15.9 Å². The van der Waals surface area contributed by atoms with Crippen molar-refractivity contribution in [2.24, 2.45) is 0 Å². The molecule has 0 bridgehead atoms.